The van der Waals surface area contributed by atoms with Crippen LogP contribution in [0.1, 0.15) is 15.9 Å². The van der Waals surface area contributed by atoms with Gasteiger partial charge in [-0.05, 0) is 24.3 Å². The molecule has 2 heterocycles. The van der Waals surface area contributed by atoms with Crippen molar-refractivity contribution in [2.75, 3.05) is 45.2 Å². The number of anilines is 1. The Morgan fingerprint density at radius 2 is 1.84 bits per heavy atom. The average Bonchev–Trinajstić information content (AvgIpc) is 3.15. The molecule has 1 aliphatic rings. The second kappa shape index (κ2) is 9.70. The predicted molar refractivity (Wildman–Crippen MR) is 121 cm³/mol. The molecule has 3 aromatic rings. The number of rotatable bonds is 7. The molecular formula is C22H22Cl2N4O3. The van der Waals surface area contributed by atoms with Crippen molar-refractivity contribution in [3.8, 4) is 11.4 Å². The van der Waals surface area contributed by atoms with Crippen molar-refractivity contribution in [3.63, 3.8) is 0 Å². The van der Waals surface area contributed by atoms with Gasteiger partial charge in [0.05, 0.1) is 35.0 Å². The van der Waals surface area contributed by atoms with E-state index in [2.05, 4.69) is 10.00 Å². The fourth-order valence-corrected chi connectivity index (χ4v) is 3.96. The third-order valence-corrected chi connectivity index (χ3v) is 5.69. The monoisotopic (exact) mass is 460 g/mol. The Kier molecular flexibility index (Phi) is 6.77. The molecule has 0 unspecified atom stereocenters. The van der Waals surface area contributed by atoms with E-state index in [1.165, 1.54) is 10.9 Å². The van der Waals surface area contributed by atoms with Crippen LogP contribution in [0.2, 0.25) is 10.0 Å². The lowest BCUT2D eigenvalue weighted by atomic mass is 10.1. The van der Waals surface area contributed by atoms with Gasteiger partial charge in [0.2, 0.25) is 0 Å². The molecule has 4 rings (SSSR count). The number of morpholine rings is 1. The highest BCUT2D eigenvalue weighted by atomic mass is 35.5. The normalized spacial score (nSPS) is 14.5. The number of aromatic nitrogens is 2. The predicted octanol–water partition coefficient (Wildman–Crippen LogP) is 3.70. The minimum absolute atomic E-state index is 0.165. The summed E-state index contributed by atoms with van der Waals surface area (Å²) in [5.41, 5.74) is 7.38. The summed E-state index contributed by atoms with van der Waals surface area (Å²) in [6.07, 6.45) is 1.42. The Morgan fingerprint density at radius 1 is 1.13 bits per heavy atom. The maximum Gasteiger partial charge on any atom is 0.198 e. The number of carbonyl (C=O) groups is 1. The first-order chi connectivity index (χ1) is 15.0. The molecule has 1 aliphatic heterocycles. The van der Waals surface area contributed by atoms with Gasteiger partial charge >= 0.3 is 0 Å². The Hall–Kier alpha value is -2.58. The van der Waals surface area contributed by atoms with E-state index in [4.69, 9.17) is 38.4 Å². The average molecular weight is 461 g/mol. The first-order valence-electron chi connectivity index (χ1n) is 9.90. The summed E-state index contributed by atoms with van der Waals surface area (Å²) in [7, 11) is 0. The van der Waals surface area contributed by atoms with Crippen LogP contribution in [0.4, 0.5) is 5.82 Å². The highest BCUT2D eigenvalue weighted by Gasteiger charge is 2.20. The van der Waals surface area contributed by atoms with Crippen molar-refractivity contribution in [3.05, 3.63) is 69.8 Å². The molecule has 2 N–H and O–H groups in total. The van der Waals surface area contributed by atoms with E-state index in [0.717, 1.165) is 32.8 Å². The van der Waals surface area contributed by atoms with Crippen LogP contribution in [0.15, 0.2) is 48.7 Å². The number of ketones is 1. The van der Waals surface area contributed by atoms with E-state index in [9.17, 15) is 4.79 Å². The van der Waals surface area contributed by atoms with Crippen molar-refractivity contribution in [1.29, 1.82) is 0 Å². The largest absolute Gasteiger partial charge is 0.492 e. The van der Waals surface area contributed by atoms with Gasteiger partial charge in [-0.15, -0.1) is 0 Å². The van der Waals surface area contributed by atoms with Crippen LogP contribution in [-0.2, 0) is 4.74 Å². The van der Waals surface area contributed by atoms with Gasteiger partial charge < -0.3 is 15.2 Å². The van der Waals surface area contributed by atoms with Crippen LogP contribution in [0.3, 0.4) is 0 Å². The zero-order valence-corrected chi connectivity index (χ0v) is 18.3. The molecule has 0 aliphatic carbocycles. The molecule has 2 aromatic carbocycles. The van der Waals surface area contributed by atoms with E-state index >= 15 is 0 Å². The molecule has 0 spiro atoms. The van der Waals surface area contributed by atoms with Crippen LogP contribution in [0.5, 0.6) is 5.75 Å². The number of para-hydroxylation sites is 1. The lowest BCUT2D eigenvalue weighted by molar-refractivity contribution is 0.0322. The molecule has 1 saturated heterocycles. The summed E-state index contributed by atoms with van der Waals surface area (Å²) >= 11 is 12.5. The summed E-state index contributed by atoms with van der Waals surface area (Å²) in [5, 5.41) is 5.01. The summed E-state index contributed by atoms with van der Waals surface area (Å²) in [4.78, 5) is 15.4. The van der Waals surface area contributed by atoms with Gasteiger partial charge in [-0.25, -0.2) is 4.68 Å². The third kappa shape index (κ3) is 4.85. The standard InChI is InChI=1S/C22H22Cl2N4O3/c23-18-5-2-6-19(24)20(18)28-22(25)17(14-26-28)21(29)15-3-1-4-16(13-15)31-12-9-27-7-10-30-11-8-27/h1-6,13-14H,7-12,25H2. The number of ether oxygens (including phenoxy) is 2. The zero-order valence-electron chi connectivity index (χ0n) is 16.8. The molecule has 0 saturated carbocycles. The Bertz CT molecular complexity index is 1060. The SMILES string of the molecule is Nc1c(C(=O)c2cccc(OCCN3CCOCC3)c2)cnn1-c1c(Cl)cccc1Cl. The Labute approximate surface area is 190 Å². The van der Waals surface area contributed by atoms with Gasteiger partial charge in [-0.1, -0.05) is 41.4 Å². The molecule has 162 valence electrons. The fourth-order valence-electron chi connectivity index (χ4n) is 3.40. The molecule has 31 heavy (non-hydrogen) atoms. The van der Waals surface area contributed by atoms with Gasteiger partial charge in [0.1, 0.15) is 23.9 Å². The second-order valence-electron chi connectivity index (χ2n) is 7.08. The maximum absolute atomic E-state index is 13.1. The third-order valence-electron chi connectivity index (χ3n) is 5.08. The van der Waals surface area contributed by atoms with Crippen molar-refractivity contribution in [2.45, 2.75) is 0 Å². The number of nitrogen functional groups attached to an aromatic ring is 1. The maximum atomic E-state index is 13.1. The lowest BCUT2D eigenvalue weighted by Gasteiger charge is -2.26. The van der Waals surface area contributed by atoms with Crippen LogP contribution in [0, 0.1) is 0 Å². The topological polar surface area (TPSA) is 82.6 Å². The quantitative estimate of drug-likeness (QED) is 0.541. The second-order valence-corrected chi connectivity index (χ2v) is 7.90. The van der Waals surface area contributed by atoms with E-state index in [0.29, 0.717) is 33.7 Å². The van der Waals surface area contributed by atoms with Crippen molar-refractivity contribution in [2.24, 2.45) is 0 Å². The van der Waals surface area contributed by atoms with Crippen molar-refractivity contribution in [1.82, 2.24) is 14.7 Å². The number of benzene rings is 2. The number of nitrogens with two attached hydrogens (primary N) is 1. The van der Waals surface area contributed by atoms with Crippen LogP contribution >= 0.6 is 23.2 Å². The molecule has 1 fully saturated rings. The van der Waals surface area contributed by atoms with E-state index < -0.39 is 0 Å². The number of hydrogen-bond donors (Lipinski definition) is 1. The Balaban J connectivity index is 1.49. The van der Waals surface area contributed by atoms with Crippen molar-refractivity contribution < 1.29 is 14.3 Å². The highest BCUT2D eigenvalue weighted by Crippen LogP contribution is 2.31. The Morgan fingerprint density at radius 3 is 2.58 bits per heavy atom. The molecule has 9 heteroatoms. The van der Waals surface area contributed by atoms with Gasteiger partial charge in [-0.3, -0.25) is 9.69 Å². The van der Waals surface area contributed by atoms with E-state index in [1.807, 2.05) is 6.07 Å². The minimum atomic E-state index is -0.259. The number of nitrogens with zero attached hydrogens (tertiary/aromatic N) is 3. The molecule has 0 radical (unpaired) electrons. The summed E-state index contributed by atoms with van der Waals surface area (Å²) in [5.74, 6) is 0.531. The zero-order chi connectivity index (χ0) is 21.8. The van der Waals surface area contributed by atoms with Crippen LogP contribution < -0.4 is 10.5 Å². The van der Waals surface area contributed by atoms with Gasteiger partial charge in [0, 0.05) is 25.2 Å². The van der Waals surface area contributed by atoms with Gasteiger partial charge in [0.25, 0.3) is 0 Å². The molecular weight excluding hydrogens is 439 g/mol. The van der Waals surface area contributed by atoms with Crippen molar-refractivity contribution >= 4 is 34.8 Å². The van der Waals surface area contributed by atoms with Crippen LogP contribution in [0.25, 0.3) is 5.69 Å². The summed E-state index contributed by atoms with van der Waals surface area (Å²) in [6.45, 7) is 4.64. The molecule has 0 amide bonds. The smallest absolute Gasteiger partial charge is 0.198 e. The summed E-state index contributed by atoms with van der Waals surface area (Å²) in [6, 6.07) is 12.1. The molecule has 7 nitrogen and oxygen atoms in total. The number of hydrogen-bond acceptors (Lipinski definition) is 6. The first kappa shape index (κ1) is 21.6. The molecule has 0 bridgehead atoms. The van der Waals surface area contributed by atoms with Gasteiger partial charge in [0.15, 0.2) is 5.78 Å². The number of halogens is 2. The number of carbonyl (C=O) groups excluding carboxylic acids is 1. The molecule has 0 atom stereocenters. The minimum Gasteiger partial charge on any atom is -0.492 e. The van der Waals surface area contributed by atoms with E-state index in [1.54, 1.807) is 36.4 Å². The summed E-state index contributed by atoms with van der Waals surface area (Å²) < 4.78 is 12.6. The first-order valence-corrected chi connectivity index (χ1v) is 10.7. The lowest BCUT2D eigenvalue weighted by Crippen LogP contribution is -2.38. The van der Waals surface area contributed by atoms with Crippen LogP contribution in [-0.4, -0.2) is 59.9 Å². The van der Waals surface area contributed by atoms with E-state index in [-0.39, 0.29) is 17.2 Å². The van der Waals surface area contributed by atoms with Gasteiger partial charge in [-0.2, -0.15) is 5.10 Å². The fraction of sp³-hybridized carbons (Fsp3) is 0.273. The molecule has 1 aromatic heterocycles. The highest BCUT2D eigenvalue weighted by molar-refractivity contribution is 6.37.